The molecule has 0 aliphatic heterocycles. The smallest absolute Gasteiger partial charge is 0.241 e. The lowest BCUT2D eigenvalue weighted by atomic mass is 9.97. The molecule has 0 saturated carbocycles. The summed E-state index contributed by atoms with van der Waals surface area (Å²) >= 11 is 0. The quantitative estimate of drug-likeness (QED) is 0.746. The van der Waals surface area contributed by atoms with Crippen LogP contribution in [0.3, 0.4) is 0 Å². The summed E-state index contributed by atoms with van der Waals surface area (Å²) in [7, 11) is 0. The monoisotopic (exact) mass is 250 g/mol. The number of hydrogen-bond donors (Lipinski definition) is 3. The van der Waals surface area contributed by atoms with Crippen LogP contribution in [0.1, 0.15) is 27.7 Å². The topological polar surface area (TPSA) is 61.4 Å². The van der Waals surface area contributed by atoms with E-state index in [1.54, 1.807) is 13.8 Å². The molecule has 1 aromatic rings. The fourth-order valence-corrected chi connectivity index (χ4v) is 1.52. The van der Waals surface area contributed by atoms with Gasteiger partial charge in [-0.2, -0.15) is 0 Å². The Hall–Kier alpha value is -1.39. The lowest BCUT2D eigenvalue weighted by Gasteiger charge is -2.32. The third kappa shape index (κ3) is 4.13. The van der Waals surface area contributed by atoms with Crippen LogP contribution in [0.2, 0.25) is 0 Å². The van der Waals surface area contributed by atoms with Crippen molar-refractivity contribution in [3.63, 3.8) is 0 Å². The average molecular weight is 250 g/mol. The van der Waals surface area contributed by atoms with E-state index in [0.717, 1.165) is 5.69 Å². The number of carbonyl (C=O) groups excluding carboxylic acids is 1. The van der Waals surface area contributed by atoms with Gasteiger partial charge in [0.2, 0.25) is 5.91 Å². The van der Waals surface area contributed by atoms with Gasteiger partial charge in [-0.05, 0) is 39.8 Å². The Bertz CT molecular complexity index is 388. The molecule has 100 valence electrons. The molecule has 0 aliphatic carbocycles. The molecule has 0 spiro atoms. The number of aliphatic hydroxyl groups is 1. The van der Waals surface area contributed by atoms with E-state index in [2.05, 4.69) is 10.6 Å². The van der Waals surface area contributed by atoms with E-state index in [-0.39, 0.29) is 11.9 Å². The lowest BCUT2D eigenvalue weighted by Crippen LogP contribution is -2.55. The van der Waals surface area contributed by atoms with E-state index in [1.807, 2.05) is 44.2 Å². The Kier molecular flexibility index (Phi) is 4.87. The number of anilines is 1. The highest BCUT2D eigenvalue weighted by Crippen LogP contribution is 2.11. The summed E-state index contributed by atoms with van der Waals surface area (Å²) in [5.74, 6) is -0.116. The van der Waals surface area contributed by atoms with Crippen LogP contribution in [-0.4, -0.2) is 28.7 Å². The zero-order valence-corrected chi connectivity index (χ0v) is 11.4. The van der Waals surface area contributed by atoms with Gasteiger partial charge in [-0.1, -0.05) is 18.2 Å². The highest BCUT2D eigenvalue weighted by atomic mass is 16.3. The number of carbonyl (C=O) groups is 1. The molecule has 0 radical (unpaired) electrons. The van der Waals surface area contributed by atoms with Crippen molar-refractivity contribution in [3.05, 3.63) is 30.3 Å². The molecule has 4 nitrogen and oxygen atoms in total. The molecule has 0 saturated heterocycles. The zero-order valence-electron chi connectivity index (χ0n) is 11.4. The van der Waals surface area contributed by atoms with Gasteiger partial charge in [-0.25, -0.2) is 0 Å². The summed E-state index contributed by atoms with van der Waals surface area (Å²) in [5.41, 5.74) is 0.263. The molecule has 3 N–H and O–H groups in total. The van der Waals surface area contributed by atoms with E-state index in [9.17, 15) is 9.90 Å². The largest absolute Gasteiger partial charge is 0.392 e. The van der Waals surface area contributed by atoms with Gasteiger partial charge >= 0.3 is 0 Å². The first-order valence-electron chi connectivity index (χ1n) is 6.14. The van der Waals surface area contributed by atoms with Gasteiger partial charge in [-0.15, -0.1) is 0 Å². The van der Waals surface area contributed by atoms with Crippen LogP contribution in [0, 0.1) is 0 Å². The van der Waals surface area contributed by atoms with Crippen LogP contribution in [-0.2, 0) is 4.79 Å². The van der Waals surface area contributed by atoms with Gasteiger partial charge in [0.25, 0.3) is 0 Å². The van der Waals surface area contributed by atoms with E-state index in [0.29, 0.717) is 0 Å². The molecule has 2 atom stereocenters. The predicted molar refractivity (Wildman–Crippen MR) is 73.4 cm³/mol. The first-order valence-corrected chi connectivity index (χ1v) is 6.14. The minimum atomic E-state index is -0.538. The number of rotatable bonds is 5. The van der Waals surface area contributed by atoms with Crippen LogP contribution in [0.4, 0.5) is 5.69 Å². The van der Waals surface area contributed by atoms with Crippen molar-refractivity contribution in [2.45, 2.75) is 45.4 Å². The Balaban J connectivity index is 2.57. The summed E-state index contributed by atoms with van der Waals surface area (Å²) in [6.07, 6.45) is -0.538. The molecule has 1 rings (SSSR count). The summed E-state index contributed by atoms with van der Waals surface area (Å²) in [6, 6.07) is 8.93. The normalized spacial score (nSPS) is 14.9. The van der Waals surface area contributed by atoms with Gasteiger partial charge in [0.15, 0.2) is 0 Å². The van der Waals surface area contributed by atoms with Crippen molar-refractivity contribution in [2.24, 2.45) is 0 Å². The fourth-order valence-electron chi connectivity index (χ4n) is 1.52. The molecule has 0 aliphatic rings. The molecule has 0 aromatic heterocycles. The van der Waals surface area contributed by atoms with Crippen molar-refractivity contribution >= 4 is 11.6 Å². The highest BCUT2D eigenvalue weighted by molar-refractivity contribution is 5.94. The number of benzene rings is 1. The maximum absolute atomic E-state index is 12.0. The van der Waals surface area contributed by atoms with Crippen molar-refractivity contribution < 1.29 is 9.90 Å². The molecule has 4 heteroatoms. The highest BCUT2D eigenvalue weighted by Gasteiger charge is 2.28. The number of nitrogens with one attached hydrogen (secondary N) is 2. The summed E-state index contributed by atoms with van der Waals surface area (Å²) in [6.45, 7) is 7.21. The van der Waals surface area contributed by atoms with E-state index >= 15 is 0 Å². The third-order valence-corrected chi connectivity index (χ3v) is 3.07. The molecule has 2 unspecified atom stereocenters. The Labute approximate surface area is 108 Å². The number of aliphatic hydroxyl groups excluding tert-OH is 1. The first kappa shape index (κ1) is 14.7. The van der Waals surface area contributed by atoms with Crippen LogP contribution in [0.15, 0.2) is 30.3 Å². The Morgan fingerprint density at radius 3 is 2.28 bits per heavy atom. The van der Waals surface area contributed by atoms with Crippen LogP contribution in [0.25, 0.3) is 0 Å². The standard InChI is InChI=1S/C14H22N2O2/c1-10(16-14(3,4)11(2)17)13(18)15-12-8-6-5-7-9-12/h5-11,16-17H,1-4H3,(H,15,18). The molecule has 0 heterocycles. The van der Waals surface area contributed by atoms with Crippen LogP contribution < -0.4 is 10.6 Å². The van der Waals surface area contributed by atoms with Crippen LogP contribution >= 0.6 is 0 Å². The molecule has 1 aromatic carbocycles. The Morgan fingerprint density at radius 2 is 1.78 bits per heavy atom. The van der Waals surface area contributed by atoms with Crippen molar-refractivity contribution in [1.82, 2.24) is 5.32 Å². The number of amides is 1. The zero-order chi connectivity index (χ0) is 13.8. The SMILES string of the molecule is CC(NC(C)(C)C(C)O)C(=O)Nc1ccccc1. The van der Waals surface area contributed by atoms with Gasteiger partial charge in [0.1, 0.15) is 0 Å². The predicted octanol–water partition coefficient (Wildman–Crippen LogP) is 1.76. The second-order valence-corrected chi connectivity index (χ2v) is 5.12. The molecule has 0 bridgehead atoms. The van der Waals surface area contributed by atoms with Gasteiger partial charge in [0, 0.05) is 11.2 Å². The molecule has 0 fully saturated rings. The summed E-state index contributed by atoms with van der Waals surface area (Å²) in [5, 5.41) is 15.5. The molecular weight excluding hydrogens is 228 g/mol. The minimum Gasteiger partial charge on any atom is -0.392 e. The van der Waals surface area contributed by atoms with Gasteiger partial charge in [-0.3, -0.25) is 10.1 Å². The van der Waals surface area contributed by atoms with E-state index in [1.165, 1.54) is 0 Å². The fraction of sp³-hybridized carbons (Fsp3) is 0.500. The third-order valence-electron chi connectivity index (χ3n) is 3.07. The summed E-state index contributed by atoms with van der Waals surface area (Å²) in [4.78, 5) is 12.0. The second-order valence-electron chi connectivity index (χ2n) is 5.12. The average Bonchev–Trinajstić information content (AvgIpc) is 2.29. The van der Waals surface area contributed by atoms with E-state index in [4.69, 9.17) is 0 Å². The van der Waals surface area contributed by atoms with Crippen molar-refractivity contribution in [1.29, 1.82) is 0 Å². The molecule has 18 heavy (non-hydrogen) atoms. The number of para-hydroxylation sites is 1. The lowest BCUT2D eigenvalue weighted by molar-refractivity contribution is -0.118. The minimum absolute atomic E-state index is 0.116. The molecule has 1 amide bonds. The van der Waals surface area contributed by atoms with Crippen molar-refractivity contribution in [2.75, 3.05) is 5.32 Å². The maximum atomic E-state index is 12.0. The Morgan fingerprint density at radius 1 is 1.22 bits per heavy atom. The maximum Gasteiger partial charge on any atom is 0.241 e. The van der Waals surface area contributed by atoms with Crippen molar-refractivity contribution in [3.8, 4) is 0 Å². The second kappa shape index (κ2) is 5.98. The van der Waals surface area contributed by atoms with Gasteiger partial charge < -0.3 is 10.4 Å². The number of hydrogen-bond acceptors (Lipinski definition) is 3. The van der Waals surface area contributed by atoms with Gasteiger partial charge in [0.05, 0.1) is 12.1 Å². The van der Waals surface area contributed by atoms with Crippen LogP contribution in [0.5, 0.6) is 0 Å². The summed E-state index contributed by atoms with van der Waals surface area (Å²) < 4.78 is 0. The molecular formula is C14H22N2O2. The van der Waals surface area contributed by atoms with E-state index < -0.39 is 11.6 Å². The first-order chi connectivity index (χ1) is 8.33.